The molecule has 0 bridgehead atoms. The molecule has 2 nitrogen and oxygen atoms in total. The van der Waals surface area contributed by atoms with Gasteiger partial charge in [0.15, 0.2) is 0 Å². The van der Waals surface area contributed by atoms with Crippen molar-refractivity contribution in [3.05, 3.63) is 33.3 Å². The van der Waals surface area contributed by atoms with E-state index < -0.39 is 0 Å². The van der Waals surface area contributed by atoms with Gasteiger partial charge < -0.3 is 10.1 Å². The molecule has 0 heterocycles. The number of likely N-dealkylation sites (N-methyl/N-ethyl adjacent to an activating group) is 1. The molecule has 1 atom stereocenters. The molecule has 1 aromatic carbocycles. The molecule has 1 aromatic rings. The number of hydrogen-bond donors (Lipinski definition) is 1. The highest BCUT2D eigenvalue weighted by molar-refractivity contribution is 9.10. The van der Waals surface area contributed by atoms with Crippen LogP contribution in [0.1, 0.15) is 26.3 Å². The SMILES string of the molecule is CCOC(C)(C)C(Cc1ccc(Br)cc1Cl)NC. The molecule has 18 heavy (non-hydrogen) atoms. The number of ether oxygens (including phenoxy) is 1. The zero-order valence-electron chi connectivity index (χ0n) is 11.4. The molecule has 1 unspecified atom stereocenters. The molecule has 1 N–H and O–H groups in total. The Labute approximate surface area is 123 Å². The molecular formula is C14H21BrClNO. The van der Waals surface area contributed by atoms with Gasteiger partial charge >= 0.3 is 0 Å². The van der Waals surface area contributed by atoms with Gasteiger partial charge in [-0.3, -0.25) is 0 Å². The Kier molecular flexibility index (Phi) is 6.12. The van der Waals surface area contributed by atoms with Crippen molar-refractivity contribution in [1.29, 1.82) is 0 Å². The lowest BCUT2D eigenvalue weighted by molar-refractivity contribution is -0.0363. The standard InChI is InChI=1S/C14H21BrClNO/c1-5-18-14(2,3)13(17-4)8-10-6-7-11(15)9-12(10)16/h6-7,9,13,17H,5,8H2,1-4H3. The van der Waals surface area contributed by atoms with Crippen molar-refractivity contribution >= 4 is 27.5 Å². The monoisotopic (exact) mass is 333 g/mol. The molecular weight excluding hydrogens is 314 g/mol. The molecule has 0 spiro atoms. The maximum absolute atomic E-state index is 6.26. The van der Waals surface area contributed by atoms with Crippen LogP contribution in [0.3, 0.4) is 0 Å². The molecule has 0 aliphatic rings. The van der Waals surface area contributed by atoms with Crippen molar-refractivity contribution in [3.8, 4) is 0 Å². The van der Waals surface area contributed by atoms with Crippen molar-refractivity contribution in [2.45, 2.75) is 38.8 Å². The highest BCUT2D eigenvalue weighted by Gasteiger charge is 2.29. The molecule has 4 heteroatoms. The molecule has 102 valence electrons. The van der Waals surface area contributed by atoms with E-state index in [2.05, 4.69) is 41.2 Å². The van der Waals surface area contributed by atoms with E-state index in [4.69, 9.17) is 16.3 Å². The van der Waals surface area contributed by atoms with Crippen LogP contribution in [0.15, 0.2) is 22.7 Å². The Bertz CT molecular complexity index is 395. The molecule has 0 aromatic heterocycles. The summed E-state index contributed by atoms with van der Waals surface area (Å²) in [5.41, 5.74) is 0.909. The fourth-order valence-corrected chi connectivity index (χ4v) is 2.83. The molecule has 0 saturated heterocycles. The molecule has 0 radical (unpaired) electrons. The van der Waals surface area contributed by atoms with Crippen LogP contribution < -0.4 is 5.32 Å². The van der Waals surface area contributed by atoms with Crippen LogP contribution in [0.25, 0.3) is 0 Å². The normalized spacial score (nSPS) is 13.7. The van der Waals surface area contributed by atoms with E-state index in [9.17, 15) is 0 Å². The van der Waals surface area contributed by atoms with E-state index in [-0.39, 0.29) is 11.6 Å². The quantitative estimate of drug-likeness (QED) is 0.847. The van der Waals surface area contributed by atoms with E-state index in [0.717, 1.165) is 21.5 Å². The largest absolute Gasteiger partial charge is 0.374 e. The fourth-order valence-electron chi connectivity index (χ4n) is 2.08. The summed E-state index contributed by atoms with van der Waals surface area (Å²) in [7, 11) is 1.96. The minimum atomic E-state index is -0.222. The highest BCUT2D eigenvalue weighted by Crippen LogP contribution is 2.25. The van der Waals surface area contributed by atoms with Gasteiger partial charge in [-0.15, -0.1) is 0 Å². The summed E-state index contributed by atoms with van der Waals surface area (Å²) < 4.78 is 6.80. The van der Waals surface area contributed by atoms with Gasteiger partial charge in [-0.1, -0.05) is 33.6 Å². The Morgan fingerprint density at radius 2 is 2.11 bits per heavy atom. The maximum Gasteiger partial charge on any atom is 0.0781 e. The van der Waals surface area contributed by atoms with Gasteiger partial charge in [0.05, 0.1) is 5.60 Å². The van der Waals surface area contributed by atoms with Gasteiger partial charge in [0, 0.05) is 22.1 Å². The second kappa shape index (κ2) is 6.90. The third-order valence-electron chi connectivity index (χ3n) is 3.14. The zero-order chi connectivity index (χ0) is 13.8. The first-order chi connectivity index (χ1) is 8.40. The summed E-state index contributed by atoms with van der Waals surface area (Å²) in [4.78, 5) is 0. The predicted octanol–water partition coefficient (Wildman–Crippen LogP) is 4.05. The summed E-state index contributed by atoms with van der Waals surface area (Å²) in [5.74, 6) is 0. The molecule has 1 rings (SSSR count). The van der Waals surface area contributed by atoms with E-state index >= 15 is 0 Å². The van der Waals surface area contributed by atoms with Gasteiger partial charge in [0.25, 0.3) is 0 Å². The predicted molar refractivity (Wildman–Crippen MR) is 81.4 cm³/mol. The van der Waals surface area contributed by atoms with Crippen LogP contribution >= 0.6 is 27.5 Å². The second-order valence-corrected chi connectivity index (χ2v) is 6.14. The van der Waals surface area contributed by atoms with Crippen LogP contribution in [0.4, 0.5) is 0 Å². The van der Waals surface area contributed by atoms with Crippen LogP contribution in [0.5, 0.6) is 0 Å². The molecule has 0 saturated carbocycles. The molecule has 0 amide bonds. The van der Waals surface area contributed by atoms with Crippen LogP contribution in [0, 0.1) is 0 Å². The number of hydrogen-bond acceptors (Lipinski definition) is 2. The third-order valence-corrected chi connectivity index (χ3v) is 3.99. The van der Waals surface area contributed by atoms with Gasteiger partial charge in [-0.25, -0.2) is 0 Å². The Balaban J connectivity index is 2.85. The average molecular weight is 335 g/mol. The van der Waals surface area contributed by atoms with Crippen molar-refractivity contribution in [1.82, 2.24) is 5.32 Å². The van der Waals surface area contributed by atoms with Gasteiger partial charge in [0.1, 0.15) is 0 Å². The van der Waals surface area contributed by atoms with Crippen LogP contribution in [-0.2, 0) is 11.2 Å². The lowest BCUT2D eigenvalue weighted by Crippen LogP contribution is -2.48. The molecule has 0 aliphatic heterocycles. The third kappa shape index (κ3) is 4.23. The van der Waals surface area contributed by atoms with Crippen molar-refractivity contribution in [2.75, 3.05) is 13.7 Å². The first-order valence-electron chi connectivity index (χ1n) is 6.16. The van der Waals surface area contributed by atoms with Crippen molar-refractivity contribution in [3.63, 3.8) is 0 Å². The molecule has 0 aliphatic carbocycles. The van der Waals surface area contributed by atoms with E-state index in [1.54, 1.807) is 0 Å². The summed E-state index contributed by atoms with van der Waals surface area (Å²) in [6, 6.07) is 6.22. The summed E-state index contributed by atoms with van der Waals surface area (Å²) in [5, 5.41) is 4.11. The number of halogens is 2. The number of nitrogens with one attached hydrogen (secondary N) is 1. The van der Waals surface area contributed by atoms with E-state index in [1.165, 1.54) is 0 Å². The van der Waals surface area contributed by atoms with Crippen molar-refractivity contribution in [2.24, 2.45) is 0 Å². The lowest BCUT2D eigenvalue weighted by atomic mass is 9.92. The second-order valence-electron chi connectivity index (χ2n) is 4.82. The van der Waals surface area contributed by atoms with Gasteiger partial charge in [-0.2, -0.15) is 0 Å². The van der Waals surface area contributed by atoms with Crippen LogP contribution in [-0.4, -0.2) is 25.3 Å². The first kappa shape index (κ1) is 16.0. The Morgan fingerprint density at radius 1 is 1.44 bits per heavy atom. The zero-order valence-corrected chi connectivity index (χ0v) is 13.7. The topological polar surface area (TPSA) is 21.3 Å². The minimum absolute atomic E-state index is 0.219. The molecule has 0 fully saturated rings. The fraction of sp³-hybridized carbons (Fsp3) is 0.571. The average Bonchev–Trinajstić information content (AvgIpc) is 2.27. The van der Waals surface area contributed by atoms with Gasteiger partial charge in [-0.05, 0) is 51.9 Å². The maximum atomic E-state index is 6.26. The smallest absolute Gasteiger partial charge is 0.0781 e. The number of benzene rings is 1. The first-order valence-corrected chi connectivity index (χ1v) is 7.33. The van der Waals surface area contributed by atoms with E-state index in [0.29, 0.717) is 6.61 Å². The Morgan fingerprint density at radius 3 is 2.61 bits per heavy atom. The summed E-state index contributed by atoms with van der Waals surface area (Å²) >= 11 is 9.68. The Hall–Kier alpha value is -0.0900. The minimum Gasteiger partial charge on any atom is -0.374 e. The number of rotatable bonds is 6. The van der Waals surface area contributed by atoms with E-state index in [1.807, 2.05) is 26.1 Å². The lowest BCUT2D eigenvalue weighted by Gasteiger charge is -2.34. The van der Waals surface area contributed by atoms with Crippen molar-refractivity contribution < 1.29 is 4.74 Å². The highest BCUT2D eigenvalue weighted by atomic mass is 79.9. The summed E-state index contributed by atoms with van der Waals surface area (Å²) in [6.45, 7) is 6.93. The summed E-state index contributed by atoms with van der Waals surface area (Å²) in [6.07, 6.45) is 0.843. The van der Waals surface area contributed by atoms with Gasteiger partial charge in [0.2, 0.25) is 0 Å². The van der Waals surface area contributed by atoms with Crippen LogP contribution in [0.2, 0.25) is 5.02 Å².